The summed E-state index contributed by atoms with van der Waals surface area (Å²) in [4.78, 5) is 0. The second-order valence-electron chi connectivity index (χ2n) is 4.07. The molecular formula is C12H19NO3. The molecule has 0 bridgehead atoms. The zero-order valence-corrected chi connectivity index (χ0v) is 9.70. The van der Waals surface area contributed by atoms with Gasteiger partial charge in [-0.05, 0) is 26.0 Å². The van der Waals surface area contributed by atoms with Crippen molar-refractivity contribution in [2.24, 2.45) is 0 Å². The third kappa shape index (κ3) is 3.33. The smallest absolute Gasteiger partial charge is 0.129 e. The van der Waals surface area contributed by atoms with Gasteiger partial charge in [-0.2, -0.15) is 0 Å². The topological polar surface area (TPSA) is 43.6 Å². The highest BCUT2D eigenvalue weighted by molar-refractivity contribution is 5.11. The third-order valence-electron chi connectivity index (χ3n) is 2.72. The van der Waals surface area contributed by atoms with Crippen molar-refractivity contribution in [1.82, 2.24) is 5.32 Å². The van der Waals surface area contributed by atoms with Crippen LogP contribution in [0.1, 0.15) is 24.2 Å². The number of hydrogen-bond donors (Lipinski definition) is 1. The molecule has 1 aromatic heterocycles. The SMILES string of the molecule is CNCc1coc(COC2CCOCC2)c1. The van der Waals surface area contributed by atoms with E-state index in [1.54, 1.807) is 6.26 Å². The van der Waals surface area contributed by atoms with Crippen molar-refractivity contribution in [1.29, 1.82) is 0 Å². The van der Waals surface area contributed by atoms with Crippen LogP contribution in [-0.2, 0) is 22.6 Å². The minimum atomic E-state index is 0.326. The highest BCUT2D eigenvalue weighted by Gasteiger charge is 2.14. The minimum absolute atomic E-state index is 0.326. The molecule has 1 aliphatic rings. The Balaban J connectivity index is 1.75. The second-order valence-corrected chi connectivity index (χ2v) is 4.07. The molecule has 16 heavy (non-hydrogen) atoms. The molecule has 4 nitrogen and oxygen atoms in total. The number of furan rings is 1. The van der Waals surface area contributed by atoms with Gasteiger partial charge in [-0.15, -0.1) is 0 Å². The normalized spacial score (nSPS) is 17.8. The van der Waals surface area contributed by atoms with E-state index in [2.05, 4.69) is 5.32 Å². The predicted octanol–water partition coefficient (Wildman–Crippen LogP) is 1.69. The van der Waals surface area contributed by atoms with Crippen LogP contribution in [-0.4, -0.2) is 26.4 Å². The van der Waals surface area contributed by atoms with E-state index in [-0.39, 0.29) is 0 Å². The van der Waals surface area contributed by atoms with Crippen LogP contribution in [0, 0.1) is 0 Å². The maximum absolute atomic E-state index is 5.77. The maximum Gasteiger partial charge on any atom is 0.129 e. The zero-order chi connectivity index (χ0) is 11.2. The van der Waals surface area contributed by atoms with E-state index >= 15 is 0 Å². The van der Waals surface area contributed by atoms with E-state index in [9.17, 15) is 0 Å². The summed E-state index contributed by atoms with van der Waals surface area (Å²) in [5.41, 5.74) is 1.16. The van der Waals surface area contributed by atoms with E-state index in [0.717, 1.165) is 43.9 Å². The molecule has 2 heterocycles. The van der Waals surface area contributed by atoms with E-state index in [4.69, 9.17) is 13.9 Å². The van der Waals surface area contributed by atoms with Gasteiger partial charge in [0.05, 0.1) is 12.4 Å². The molecule has 1 aliphatic heterocycles. The van der Waals surface area contributed by atoms with E-state index in [0.29, 0.717) is 12.7 Å². The average Bonchev–Trinajstić information content (AvgIpc) is 2.76. The molecule has 2 rings (SSSR count). The van der Waals surface area contributed by atoms with Crippen LogP contribution in [0.5, 0.6) is 0 Å². The third-order valence-corrected chi connectivity index (χ3v) is 2.72. The van der Waals surface area contributed by atoms with Gasteiger partial charge in [0.2, 0.25) is 0 Å². The summed E-state index contributed by atoms with van der Waals surface area (Å²) >= 11 is 0. The summed E-state index contributed by atoms with van der Waals surface area (Å²) in [5.74, 6) is 0.900. The number of nitrogens with one attached hydrogen (secondary N) is 1. The molecule has 1 aromatic rings. The summed E-state index contributed by atoms with van der Waals surface area (Å²) in [6.07, 6.45) is 4.08. The Morgan fingerprint density at radius 2 is 2.25 bits per heavy atom. The van der Waals surface area contributed by atoms with Gasteiger partial charge in [0, 0.05) is 25.3 Å². The fourth-order valence-corrected chi connectivity index (χ4v) is 1.84. The highest BCUT2D eigenvalue weighted by Crippen LogP contribution is 2.15. The van der Waals surface area contributed by atoms with Gasteiger partial charge in [-0.3, -0.25) is 0 Å². The quantitative estimate of drug-likeness (QED) is 0.828. The molecule has 0 amide bonds. The molecule has 90 valence electrons. The van der Waals surface area contributed by atoms with Crippen LogP contribution < -0.4 is 5.32 Å². The molecule has 0 radical (unpaired) electrons. The first kappa shape index (κ1) is 11.6. The van der Waals surface area contributed by atoms with Crippen molar-refractivity contribution in [2.45, 2.75) is 32.1 Å². The Morgan fingerprint density at radius 1 is 1.44 bits per heavy atom. The van der Waals surface area contributed by atoms with Crippen LogP contribution in [0.2, 0.25) is 0 Å². The minimum Gasteiger partial charge on any atom is -0.467 e. The number of ether oxygens (including phenoxy) is 2. The monoisotopic (exact) mass is 225 g/mol. The standard InChI is InChI=1S/C12H19NO3/c1-13-7-10-6-12(15-8-10)9-16-11-2-4-14-5-3-11/h6,8,11,13H,2-5,7,9H2,1H3. The zero-order valence-electron chi connectivity index (χ0n) is 9.70. The first-order valence-electron chi connectivity index (χ1n) is 5.78. The van der Waals surface area contributed by atoms with E-state index in [1.165, 1.54) is 0 Å². The lowest BCUT2D eigenvalue weighted by Gasteiger charge is -2.21. The summed E-state index contributed by atoms with van der Waals surface area (Å²) in [5, 5.41) is 3.09. The second kappa shape index (κ2) is 6.03. The fraction of sp³-hybridized carbons (Fsp3) is 0.667. The lowest BCUT2D eigenvalue weighted by molar-refractivity contribution is -0.0433. The Hall–Kier alpha value is -0.840. The summed E-state index contributed by atoms with van der Waals surface area (Å²) < 4.78 is 16.5. The van der Waals surface area contributed by atoms with Gasteiger partial charge in [0.25, 0.3) is 0 Å². The maximum atomic E-state index is 5.77. The van der Waals surface area contributed by atoms with Crippen LogP contribution in [0.3, 0.4) is 0 Å². The van der Waals surface area contributed by atoms with Crippen LogP contribution in [0.15, 0.2) is 16.7 Å². The molecular weight excluding hydrogens is 206 g/mol. The molecule has 4 heteroatoms. The van der Waals surface area contributed by atoms with Gasteiger partial charge < -0.3 is 19.2 Å². The van der Waals surface area contributed by atoms with Crippen LogP contribution in [0.25, 0.3) is 0 Å². The van der Waals surface area contributed by atoms with Crippen LogP contribution >= 0.6 is 0 Å². The molecule has 1 saturated heterocycles. The van der Waals surface area contributed by atoms with Gasteiger partial charge in [-0.1, -0.05) is 0 Å². The van der Waals surface area contributed by atoms with Crippen molar-refractivity contribution in [3.05, 3.63) is 23.7 Å². The largest absolute Gasteiger partial charge is 0.467 e. The van der Waals surface area contributed by atoms with E-state index in [1.807, 2.05) is 13.1 Å². The van der Waals surface area contributed by atoms with Gasteiger partial charge in [0.15, 0.2) is 0 Å². The fourth-order valence-electron chi connectivity index (χ4n) is 1.84. The van der Waals surface area contributed by atoms with Crippen LogP contribution in [0.4, 0.5) is 0 Å². The molecule has 1 N–H and O–H groups in total. The summed E-state index contributed by atoms with van der Waals surface area (Å²) in [6.45, 7) is 3.02. The first-order valence-corrected chi connectivity index (χ1v) is 5.78. The lowest BCUT2D eigenvalue weighted by atomic mass is 10.1. The lowest BCUT2D eigenvalue weighted by Crippen LogP contribution is -2.23. The summed E-state index contributed by atoms with van der Waals surface area (Å²) in [6, 6.07) is 2.04. The molecule has 1 fully saturated rings. The highest BCUT2D eigenvalue weighted by atomic mass is 16.5. The Morgan fingerprint density at radius 3 is 3.00 bits per heavy atom. The Kier molecular flexibility index (Phi) is 4.39. The van der Waals surface area contributed by atoms with Crippen molar-refractivity contribution in [3.8, 4) is 0 Å². The number of hydrogen-bond acceptors (Lipinski definition) is 4. The predicted molar refractivity (Wildman–Crippen MR) is 60.1 cm³/mol. The average molecular weight is 225 g/mol. The molecule has 0 spiro atoms. The van der Waals surface area contributed by atoms with Crippen molar-refractivity contribution in [3.63, 3.8) is 0 Å². The van der Waals surface area contributed by atoms with E-state index < -0.39 is 0 Å². The first-order chi connectivity index (χ1) is 7.88. The molecule has 0 aromatic carbocycles. The van der Waals surface area contributed by atoms with Gasteiger partial charge in [-0.25, -0.2) is 0 Å². The molecule has 0 aliphatic carbocycles. The number of rotatable bonds is 5. The molecule has 0 atom stereocenters. The Labute approximate surface area is 95.9 Å². The van der Waals surface area contributed by atoms with Gasteiger partial charge >= 0.3 is 0 Å². The van der Waals surface area contributed by atoms with Gasteiger partial charge in [0.1, 0.15) is 12.4 Å². The van der Waals surface area contributed by atoms with Crippen molar-refractivity contribution >= 4 is 0 Å². The molecule has 0 unspecified atom stereocenters. The molecule has 0 saturated carbocycles. The van der Waals surface area contributed by atoms with Crippen molar-refractivity contribution in [2.75, 3.05) is 20.3 Å². The van der Waals surface area contributed by atoms with Crippen molar-refractivity contribution < 1.29 is 13.9 Å². The summed E-state index contributed by atoms with van der Waals surface area (Å²) in [7, 11) is 1.92. The Bertz CT molecular complexity index is 305.